The van der Waals surface area contributed by atoms with Crippen LogP contribution in [0.2, 0.25) is 0 Å². The lowest BCUT2D eigenvalue weighted by atomic mass is 10.0. The lowest BCUT2D eigenvalue weighted by Crippen LogP contribution is -2.42. The molecule has 5 nitrogen and oxygen atoms in total. The van der Waals surface area contributed by atoms with Gasteiger partial charge < -0.3 is 14.2 Å². The monoisotopic (exact) mass is 342 g/mol. The molecule has 1 aliphatic rings. The number of ether oxygens (including phenoxy) is 1. The van der Waals surface area contributed by atoms with E-state index in [1.165, 1.54) is 12.1 Å². The van der Waals surface area contributed by atoms with Crippen LogP contribution < -0.4 is 10.2 Å². The molecule has 0 atom stereocenters. The summed E-state index contributed by atoms with van der Waals surface area (Å²) in [5, 5.41) is 0. The molecule has 0 saturated carbocycles. The number of carbonyl (C=O) groups excluding carboxylic acids is 1. The summed E-state index contributed by atoms with van der Waals surface area (Å²) in [7, 11) is 1.79. The Morgan fingerprint density at radius 2 is 2.00 bits per heavy atom. The van der Waals surface area contributed by atoms with Crippen LogP contribution in [0.5, 0.6) is 5.75 Å². The van der Waals surface area contributed by atoms with Crippen molar-refractivity contribution in [2.45, 2.75) is 13.0 Å². The molecule has 2 aromatic rings. The van der Waals surface area contributed by atoms with Crippen molar-refractivity contribution in [3.05, 3.63) is 76.0 Å². The first kappa shape index (κ1) is 17.0. The molecule has 0 radical (unpaired) electrons. The molecule has 0 spiro atoms. The zero-order valence-corrected chi connectivity index (χ0v) is 14.0. The van der Waals surface area contributed by atoms with Gasteiger partial charge in [-0.1, -0.05) is 24.8 Å². The van der Waals surface area contributed by atoms with E-state index in [2.05, 4.69) is 6.58 Å². The summed E-state index contributed by atoms with van der Waals surface area (Å²) in [5.41, 5.74) is 1.27. The number of benzene rings is 1. The number of aromatic nitrogens is 1. The predicted molar refractivity (Wildman–Crippen MR) is 92.2 cm³/mol. The Morgan fingerprint density at radius 1 is 1.28 bits per heavy atom. The lowest BCUT2D eigenvalue weighted by Gasteiger charge is -2.29. The Hall–Kier alpha value is -2.89. The molecule has 6 heteroatoms. The van der Waals surface area contributed by atoms with E-state index < -0.39 is 5.43 Å². The molecule has 1 aromatic carbocycles. The van der Waals surface area contributed by atoms with Crippen LogP contribution in [0.3, 0.4) is 0 Å². The van der Waals surface area contributed by atoms with Crippen LogP contribution in [0.15, 0.2) is 47.9 Å². The van der Waals surface area contributed by atoms with E-state index in [0.717, 1.165) is 5.56 Å². The first-order chi connectivity index (χ1) is 12.0. The van der Waals surface area contributed by atoms with Crippen LogP contribution in [-0.4, -0.2) is 28.5 Å². The van der Waals surface area contributed by atoms with Crippen LogP contribution in [0, 0.1) is 5.82 Å². The number of halogens is 1. The van der Waals surface area contributed by atoms with Crippen molar-refractivity contribution < 1.29 is 13.9 Å². The molecule has 2 heterocycles. The predicted octanol–water partition coefficient (Wildman–Crippen LogP) is 2.29. The number of hydrogen-bond donors (Lipinski definition) is 0. The first-order valence-electron chi connectivity index (χ1n) is 8.01. The number of fused-ring (bicyclic) bond motifs is 1. The minimum absolute atomic E-state index is 0.137. The summed E-state index contributed by atoms with van der Waals surface area (Å²) in [6.45, 7) is 4.59. The quantitative estimate of drug-likeness (QED) is 0.784. The van der Waals surface area contributed by atoms with Crippen molar-refractivity contribution in [3.8, 4) is 5.75 Å². The number of pyridine rings is 1. The van der Waals surface area contributed by atoms with E-state index in [1.54, 1.807) is 40.9 Å². The highest BCUT2D eigenvalue weighted by Crippen LogP contribution is 2.20. The van der Waals surface area contributed by atoms with E-state index in [-0.39, 0.29) is 29.6 Å². The Balaban J connectivity index is 1.92. The topological polar surface area (TPSA) is 51.5 Å². The third kappa shape index (κ3) is 3.33. The van der Waals surface area contributed by atoms with E-state index >= 15 is 0 Å². The number of amides is 1. The van der Waals surface area contributed by atoms with Crippen molar-refractivity contribution in [1.82, 2.24) is 9.47 Å². The third-order valence-corrected chi connectivity index (χ3v) is 4.24. The van der Waals surface area contributed by atoms with Gasteiger partial charge in [-0.25, -0.2) is 4.39 Å². The van der Waals surface area contributed by atoms with Crippen LogP contribution in [0.4, 0.5) is 4.39 Å². The molecule has 3 rings (SSSR count). The van der Waals surface area contributed by atoms with Crippen LogP contribution in [-0.2, 0) is 20.0 Å². The second-order valence-electron chi connectivity index (χ2n) is 5.96. The van der Waals surface area contributed by atoms with Gasteiger partial charge in [-0.05, 0) is 17.7 Å². The Bertz CT molecular complexity index is 871. The maximum Gasteiger partial charge on any atom is 0.260 e. The summed E-state index contributed by atoms with van der Waals surface area (Å²) >= 11 is 0. The summed E-state index contributed by atoms with van der Waals surface area (Å²) in [5.74, 6) is -0.509. The fourth-order valence-electron chi connectivity index (χ4n) is 2.98. The highest BCUT2D eigenvalue weighted by molar-refractivity contribution is 5.96. The zero-order chi connectivity index (χ0) is 18.0. The molecule has 0 unspecified atom stereocenters. The zero-order valence-electron chi connectivity index (χ0n) is 14.0. The fraction of sp³-hybridized carbons (Fsp3) is 0.263. The van der Waals surface area contributed by atoms with Crippen LogP contribution in [0.1, 0.15) is 21.6 Å². The molecule has 1 amide bonds. The average Bonchev–Trinajstić information content (AvgIpc) is 2.60. The van der Waals surface area contributed by atoms with Crippen molar-refractivity contribution in [2.75, 3.05) is 13.2 Å². The second-order valence-corrected chi connectivity index (χ2v) is 5.96. The maximum absolute atomic E-state index is 13.0. The highest BCUT2D eigenvalue weighted by atomic mass is 19.1. The fourth-order valence-corrected chi connectivity index (χ4v) is 2.98. The standard InChI is InChI=1S/C19H19FN2O3/c1-3-10-25-16-12-21(2)15-8-9-22(19(24)17(15)18(16)23)11-13-4-6-14(20)7-5-13/h3-7,12H,1,8-11H2,2H3. The normalized spacial score (nSPS) is 13.5. The van der Waals surface area contributed by atoms with Gasteiger partial charge in [0.05, 0.1) is 6.20 Å². The minimum atomic E-state index is -0.399. The van der Waals surface area contributed by atoms with Gasteiger partial charge in [0.25, 0.3) is 5.91 Å². The smallest absolute Gasteiger partial charge is 0.260 e. The largest absolute Gasteiger partial charge is 0.484 e. The van der Waals surface area contributed by atoms with Crippen molar-refractivity contribution in [3.63, 3.8) is 0 Å². The molecule has 0 aliphatic carbocycles. The first-order valence-corrected chi connectivity index (χ1v) is 8.01. The van der Waals surface area contributed by atoms with Crippen LogP contribution >= 0.6 is 0 Å². The van der Waals surface area contributed by atoms with Gasteiger partial charge in [0.15, 0.2) is 5.75 Å². The number of carbonyl (C=O) groups is 1. The maximum atomic E-state index is 13.0. The molecular formula is C19H19FN2O3. The summed E-state index contributed by atoms with van der Waals surface area (Å²) in [6.07, 6.45) is 3.73. The average molecular weight is 342 g/mol. The number of nitrogens with zero attached hydrogens (tertiary/aromatic N) is 2. The van der Waals surface area contributed by atoms with Crippen molar-refractivity contribution >= 4 is 5.91 Å². The second kappa shape index (κ2) is 6.93. The van der Waals surface area contributed by atoms with Gasteiger partial charge in [0.1, 0.15) is 18.0 Å². The lowest BCUT2D eigenvalue weighted by molar-refractivity contribution is 0.0720. The number of rotatable bonds is 5. The van der Waals surface area contributed by atoms with Gasteiger partial charge in [-0.15, -0.1) is 0 Å². The Kier molecular flexibility index (Phi) is 4.70. The number of hydrogen-bond acceptors (Lipinski definition) is 3. The molecule has 0 saturated heterocycles. The van der Waals surface area contributed by atoms with Gasteiger partial charge in [-0.2, -0.15) is 0 Å². The molecule has 0 N–H and O–H groups in total. The van der Waals surface area contributed by atoms with Gasteiger partial charge in [0.2, 0.25) is 5.43 Å². The molecule has 130 valence electrons. The summed E-state index contributed by atoms with van der Waals surface area (Å²) in [4.78, 5) is 27.1. The van der Waals surface area contributed by atoms with E-state index in [0.29, 0.717) is 25.2 Å². The molecule has 1 aromatic heterocycles. The van der Waals surface area contributed by atoms with Crippen molar-refractivity contribution in [1.29, 1.82) is 0 Å². The van der Waals surface area contributed by atoms with E-state index in [9.17, 15) is 14.0 Å². The van der Waals surface area contributed by atoms with Gasteiger partial charge in [0, 0.05) is 32.3 Å². The minimum Gasteiger partial charge on any atom is -0.484 e. The van der Waals surface area contributed by atoms with E-state index in [1.807, 2.05) is 0 Å². The molecule has 0 fully saturated rings. The van der Waals surface area contributed by atoms with Crippen molar-refractivity contribution in [2.24, 2.45) is 7.05 Å². The molecule has 25 heavy (non-hydrogen) atoms. The molecule has 0 bridgehead atoms. The summed E-state index contributed by atoms with van der Waals surface area (Å²) in [6, 6.07) is 6.00. The number of aryl methyl sites for hydroxylation is 1. The summed E-state index contributed by atoms with van der Waals surface area (Å²) < 4.78 is 20.2. The molecule has 1 aliphatic heterocycles. The van der Waals surface area contributed by atoms with Gasteiger partial charge in [-0.3, -0.25) is 9.59 Å². The van der Waals surface area contributed by atoms with Gasteiger partial charge >= 0.3 is 0 Å². The third-order valence-electron chi connectivity index (χ3n) is 4.24. The Morgan fingerprint density at radius 3 is 2.68 bits per heavy atom. The van der Waals surface area contributed by atoms with E-state index in [4.69, 9.17) is 4.74 Å². The Labute approximate surface area is 145 Å². The SMILES string of the molecule is C=CCOc1cn(C)c2c(c1=O)C(=O)N(Cc1ccc(F)cc1)CC2. The highest BCUT2D eigenvalue weighted by Gasteiger charge is 2.30. The van der Waals surface area contributed by atoms with Crippen LogP contribution in [0.25, 0.3) is 0 Å². The molecular weight excluding hydrogens is 323 g/mol.